The number of pyridine rings is 1. The third-order valence-electron chi connectivity index (χ3n) is 2.48. The van der Waals surface area contributed by atoms with E-state index >= 15 is 0 Å². The maximum Gasteiger partial charge on any atom is 0.293 e. The highest BCUT2D eigenvalue weighted by Crippen LogP contribution is 2.05. The van der Waals surface area contributed by atoms with Crippen molar-refractivity contribution in [3.8, 4) is 5.75 Å². The van der Waals surface area contributed by atoms with Crippen molar-refractivity contribution < 1.29 is 4.74 Å². The zero-order valence-electron chi connectivity index (χ0n) is 9.80. The fourth-order valence-corrected chi connectivity index (χ4v) is 1.68. The summed E-state index contributed by atoms with van der Waals surface area (Å²) in [7, 11) is 0. The molecule has 0 aliphatic rings. The van der Waals surface area contributed by atoms with Crippen molar-refractivity contribution in [3.63, 3.8) is 0 Å². The van der Waals surface area contributed by atoms with Gasteiger partial charge in [-0.05, 0) is 24.6 Å². The smallest absolute Gasteiger partial charge is 0.293 e. The van der Waals surface area contributed by atoms with E-state index in [4.69, 9.17) is 4.74 Å². The van der Waals surface area contributed by atoms with E-state index in [2.05, 4.69) is 0 Å². The van der Waals surface area contributed by atoms with Gasteiger partial charge in [0.05, 0.1) is 13.2 Å². The normalized spacial score (nSPS) is 10.2. The second-order valence-corrected chi connectivity index (χ2v) is 3.72. The van der Waals surface area contributed by atoms with Crippen LogP contribution in [0.1, 0.15) is 12.5 Å². The number of benzene rings is 1. The SMILES string of the molecule is CCOc1cccn(Cc2ccccc2)c1=O. The molecule has 17 heavy (non-hydrogen) atoms. The molecular formula is C14H15NO2. The average Bonchev–Trinajstić information content (AvgIpc) is 2.36. The Bertz CT molecular complexity index is 531. The Labute approximate surface area is 100 Å². The Kier molecular flexibility index (Phi) is 3.60. The van der Waals surface area contributed by atoms with Crippen molar-refractivity contribution in [3.05, 3.63) is 64.6 Å². The lowest BCUT2D eigenvalue weighted by Gasteiger charge is -2.08. The number of aromatic nitrogens is 1. The second kappa shape index (κ2) is 5.34. The maximum atomic E-state index is 12.0. The summed E-state index contributed by atoms with van der Waals surface area (Å²) in [5.41, 5.74) is 1.02. The first-order chi connectivity index (χ1) is 8.31. The molecule has 0 saturated heterocycles. The van der Waals surface area contributed by atoms with Crippen LogP contribution in [-0.4, -0.2) is 11.2 Å². The van der Waals surface area contributed by atoms with Gasteiger partial charge >= 0.3 is 0 Å². The number of ether oxygens (including phenoxy) is 1. The van der Waals surface area contributed by atoms with Crippen LogP contribution in [-0.2, 0) is 6.54 Å². The molecule has 88 valence electrons. The molecule has 1 aromatic carbocycles. The minimum absolute atomic E-state index is 0.0850. The summed E-state index contributed by atoms with van der Waals surface area (Å²) in [5, 5.41) is 0. The highest BCUT2D eigenvalue weighted by atomic mass is 16.5. The van der Waals surface area contributed by atoms with E-state index in [9.17, 15) is 4.79 Å². The lowest BCUT2D eigenvalue weighted by atomic mass is 10.2. The van der Waals surface area contributed by atoms with Crippen LogP contribution in [0.2, 0.25) is 0 Å². The minimum atomic E-state index is -0.0850. The zero-order valence-corrected chi connectivity index (χ0v) is 9.80. The molecule has 0 aliphatic carbocycles. The van der Waals surface area contributed by atoms with Gasteiger partial charge in [0.15, 0.2) is 5.75 Å². The highest BCUT2D eigenvalue weighted by Gasteiger charge is 2.03. The van der Waals surface area contributed by atoms with E-state index in [1.807, 2.05) is 43.3 Å². The van der Waals surface area contributed by atoms with E-state index in [1.165, 1.54) is 0 Å². The molecule has 3 nitrogen and oxygen atoms in total. The quantitative estimate of drug-likeness (QED) is 0.805. The van der Waals surface area contributed by atoms with Crippen LogP contribution in [0.3, 0.4) is 0 Å². The van der Waals surface area contributed by atoms with Crippen molar-refractivity contribution in [1.82, 2.24) is 4.57 Å². The van der Waals surface area contributed by atoms with Crippen LogP contribution >= 0.6 is 0 Å². The van der Waals surface area contributed by atoms with Gasteiger partial charge in [0, 0.05) is 6.20 Å². The molecule has 0 bridgehead atoms. The third kappa shape index (κ3) is 2.75. The molecule has 0 radical (unpaired) electrons. The number of nitrogens with zero attached hydrogens (tertiary/aromatic N) is 1. The van der Waals surface area contributed by atoms with Crippen molar-refractivity contribution in [2.45, 2.75) is 13.5 Å². The molecule has 0 unspecified atom stereocenters. The molecule has 1 heterocycles. The predicted molar refractivity (Wildman–Crippen MR) is 67.4 cm³/mol. The first-order valence-electron chi connectivity index (χ1n) is 5.67. The molecule has 0 fully saturated rings. The highest BCUT2D eigenvalue weighted by molar-refractivity contribution is 5.20. The van der Waals surface area contributed by atoms with E-state index in [1.54, 1.807) is 16.8 Å². The molecule has 0 N–H and O–H groups in total. The Morgan fingerprint density at radius 2 is 1.88 bits per heavy atom. The molecule has 0 aliphatic heterocycles. The van der Waals surface area contributed by atoms with Crippen LogP contribution < -0.4 is 10.3 Å². The minimum Gasteiger partial charge on any atom is -0.488 e. The van der Waals surface area contributed by atoms with Crippen molar-refractivity contribution in [2.75, 3.05) is 6.61 Å². The lowest BCUT2D eigenvalue weighted by Crippen LogP contribution is -2.21. The summed E-state index contributed by atoms with van der Waals surface area (Å²) in [5.74, 6) is 0.408. The van der Waals surface area contributed by atoms with E-state index in [-0.39, 0.29) is 5.56 Å². The summed E-state index contributed by atoms with van der Waals surface area (Å²) >= 11 is 0. The summed E-state index contributed by atoms with van der Waals surface area (Å²) in [4.78, 5) is 12.0. The van der Waals surface area contributed by atoms with Gasteiger partial charge in [-0.1, -0.05) is 30.3 Å². The first kappa shape index (κ1) is 11.5. The van der Waals surface area contributed by atoms with Crippen LogP contribution in [0, 0.1) is 0 Å². The van der Waals surface area contributed by atoms with Crippen molar-refractivity contribution in [1.29, 1.82) is 0 Å². The van der Waals surface area contributed by atoms with Gasteiger partial charge < -0.3 is 9.30 Å². The molecule has 3 heteroatoms. The number of rotatable bonds is 4. The second-order valence-electron chi connectivity index (χ2n) is 3.72. The Morgan fingerprint density at radius 3 is 2.59 bits per heavy atom. The van der Waals surface area contributed by atoms with Gasteiger partial charge in [-0.3, -0.25) is 4.79 Å². The van der Waals surface area contributed by atoms with Crippen LogP contribution in [0.4, 0.5) is 0 Å². The van der Waals surface area contributed by atoms with E-state index < -0.39 is 0 Å². The van der Waals surface area contributed by atoms with Crippen molar-refractivity contribution >= 4 is 0 Å². The monoisotopic (exact) mass is 229 g/mol. The van der Waals surface area contributed by atoms with Gasteiger partial charge in [0.25, 0.3) is 5.56 Å². The number of hydrogen-bond acceptors (Lipinski definition) is 2. The molecule has 0 spiro atoms. The average molecular weight is 229 g/mol. The Morgan fingerprint density at radius 1 is 1.12 bits per heavy atom. The Balaban J connectivity index is 2.28. The summed E-state index contributed by atoms with van der Waals surface area (Å²) in [6.07, 6.45) is 1.78. The van der Waals surface area contributed by atoms with Gasteiger partial charge in [-0.2, -0.15) is 0 Å². The van der Waals surface area contributed by atoms with Crippen LogP contribution in [0.5, 0.6) is 5.75 Å². The van der Waals surface area contributed by atoms with Crippen LogP contribution in [0.15, 0.2) is 53.5 Å². The molecule has 2 rings (SSSR count). The molecule has 2 aromatic rings. The fraction of sp³-hybridized carbons (Fsp3) is 0.214. The molecule has 0 amide bonds. The van der Waals surface area contributed by atoms with E-state index in [0.29, 0.717) is 18.9 Å². The summed E-state index contributed by atoms with van der Waals surface area (Å²) in [6.45, 7) is 2.94. The molecule has 0 atom stereocenters. The number of hydrogen-bond donors (Lipinski definition) is 0. The van der Waals surface area contributed by atoms with Gasteiger partial charge in [0.2, 0.25) is 0 Å². The van der Waals surface area contributed by atoms with Gasteiger partial charge in [-0.15, -0.1) is 0 Å². The fourth-order valence-electron chi connectivity index (χ4n) is 1.68. The summed E-state index contributed by atoms with van der Waals surface area (Å²) in [6, 6.07) is 13.4. The lowest BCUT2D eigenvalue weighted by molar-refractivity contribution is 0.332. The first-order valence-corrected chi connectivity index (χ1v) is 5.67. The van der Waals surface area contributed by atoms with Crippen LogP contribution in [0.25, 0.3) is 0 Å². The standard InChI is InChI=1S/C14H15NO2/c1-2-17-13-9-6-10-15(14(13)16)11-12-7-4-3-5-8-12/h3-10H,2,11H2,1H3. The predicted octanol–water partition coefficient (Wildman–Crippen LogP) is 2.30. The third-order valence-corrected chi connectivity index (χ3v) is 2.48. The van der Waals surface area contributed by atoms with E-state index in [0.717, 1.165) is 5.56 Å². The Hall–Kier alpha value is -2.03. The molecule has 0 saturated carbocycles. The maximum absolute atomic E-state index is 12.0. The molecule has 1 aromatic heterocycles. The van der Waals surface area contributed by atoms with Crippen molar-refractivity contribution in [2.24, 2.45) is 0 Å². The van der Waals surface area contributed by atoms with Gasteiger partial charge in [0.1, 0.15) is 0 Å². The summed E-state index contributed by atoms with van der Waals surface area (Å²) < 4.78 is 6.93. The van der Waals surface area contributed by atoms with Gasteiger partial charge in [-0.25, -0.2) is 0 Å². The zero-order chi connectivity index (χ0) is 12.1. The molecular weight excluding hydrogens is 214 g/mol. The topological polar surface area (TPSA) is 31.2 Å². The largest absolute Gasteiger partial charge is 0.488 e.